The zero-order valence-corrected chi connectivity index (χ0v) is 12.8. The molecule has 10 heteroatoms. The number of nitrogens with one attached hydrogen (secondary N) is 1. The zero-order chi connectivity index (χ0) is 18.4. The molecule has 0 bridgehead atoms. The lowest BCUT2D eigenvalue weighted by atomic mass is 10.2. The fraction of sp³-hybridized carbons (Fsp3) is 0. The van der Waals surface area contributed by atoms with Gasteiger partial charge in [0.2, 0.25) is 5.82 Å². The number of para-hydroxylation sites is 1. The van der Waals surface area contributed by atoms with Crippen LogP contribution in [-0.4, -0.2) is 13.4 Å². The molecule has 1 N–H and O–H groups in total. The van der Waals surface area contributed by atoms with Crippen molar-refractivity contribution in [2.75, 3.05) is 4.72 Å². The maximum Gasteiger partial charge on any atom is 0.264 e. The Morgan fingerprint density at radius 1 is 0.800 bits per heavy atom. The molecular formula is C15H7F5N2O2S. The van der Waals surface area contributed by atoms with Crippen LogP contribution < -0.4 is 4.72 Å². The average molecular weight is 374 g/mol. The second-order valence-electron chi connectivity index (χ2n) is 4.88. The third-order valence-corrected chi connectivity index (χ3v) is 4.71. The van der Waals surface area contributed by atoms with E-state index in [0.29, 0.717) is 5.39 Å². The van der Waals surface area contributed by atoms with Crippen molar-refractivity contribution in [1.82, 2.24) is 4.98 Å². The number of sulfonamides is 1. The van der Waals surface area contributed by atoms with Gasteiger partial charge in [0.15, 0.2) is 23.3 Å². The molecule has 0 fully saturated rings. The number of aromatic nitrogens is 1. The number of benzene rings is 2. The minimum atomic E-state index is -4.68. The molecule has 0 aliphatic rings. The number of pyridine rings is 1. The summed E-state index contributed by atoms with van der Waals surface area (Å²) >= 11 is 0. The van der Waals surface area contributed by atoms with Crippen molar-refractivity contribution in [2.45, 2.75) is 4.90 Å². The average Bonchev–Trinajstić information content (AvgIpc) is 2.61. The third-order valence-electron chi connectivity index (χ3n) is 3.33. The second kappa shape index (κ2) is 5.96. The van der Waals surface area contributed by atoms with Crippen LogP contribution in [0.15, 0.2) is 41.4 Å². The van der Waals surface area contributed by atoms with Crippen LogP contribution in [-0.2, 0) is 10.0 Å². The highest BCUT2D eigenvalue weighted by molar-refractivity contribution is 7.93. The molecule has 0 saturated heterocycles. The number of rotatable bonds is 3. The number of anilines is 1. The van der Waals surface area contributed by atoms with E-state index in [1.165, 1.54) is 23.1 Å². The van der Waals surface area contributed by atoms with E-state index in [1.54, 1.807) is 12.1 Å². The van der Waals surface area contributed by atoms with Crippen molar-refractivity contribution in [3.05, 3.63) is 65.6 Å². The van der Waals surface area contributed by atoms with Crippen LogP contribution in [0.3, 0.4) is 0 Å². The lowest BCUT2D eigenvalue weighted by molar-refractivity contribution is 0.382. The van der Waals surface area contributed by atoms with E-state index in [1.807, 2.05) is 0 Å². The minimum absolute atomic E-state index is 0.0265. The van der Waals surface area contributed by atoms with Crippen LogP contribution in [0.1, 0.15) is 0 Å². The number of halogens is 5. The first-order valence-electron chi connectivity index (χ1n) is 6.62. The van der Waals surface area contributed by atoms with E-state index in [4.69, 9.17) is 0 Å². The topological polar surface area (TPSA) is 59.1 Å². The Kier molecular flexibility index (Phi) is 4.07. The van der Waals surface area contributed by atoms with Gasteiger partial charge in [0.1, 0.15) is 10.6 Å². The molecule has 4 nitrogen and oxygen atoms in total. The van der Waals surface area contributed by atoms with Crippen LogP contribution in [0.25, 0.3) is 10.9 Å². The summed E-state index contributed by atoms with van der Waals surface area (Å²) in [5.74, 6) is -11.5. The van der Waals surface area contributed by atoms with Gasteiger partial charge in [-0.2, -0.15) is 0 Å². The highest BCUT2D eigenvalue weighted by Gasteiger charge is 2.29. The summed E-state index contributed by atoms with van der Waals surface area (Å²) in [4.78, 5) is 3.39. The monoisotopic (exact) mass is 374 g/mol. The van der Waals surface area contributed by atoms with Gasteiger partial charge < -0.3 is 0 Å². The van der Waals surface area contributed by atoms with E-state index in [2.05, 4.69) is 4.98 Å². The second-order valence-corrected chi connectivity index (χ2v) is 6.53. The molecule has 25 heavy (non-hydrogen) atoms. The van der Waals surface area contributed by atoms with Gasteiger partial charge in [-0.05, 0) is 12.1 Å². The number of hydrogen-bond donors (Lipinski definition) is 1. The summed E-state index contributed by atoms with van der Waals surface area (Å²) in [7, 11) is -4.68. The van der Waals surface area contributed by atoms with Gasteiger partial charge in [-0.3, -0.25) is 9.71 Å². The molecule has 0 aliphatic heterocycles. The van der Waals surface area contributed by atoms with E-state index >= 15 is 0 Å². The summed E-state index contributed by atoms with van der Waals surface area (Å²) in [6, 6.07) is 7.05. The Morgan fingerprint density at radius 2 is 1.36 bits per heavy atom. The van der Waals surface area contributed by atoms with Gasteiger partial charge in [0.05, 0.1) is 5.52 Å². The summed E-state index contributed by atoms with van der Waals surface area (Å²) < 4.78 is 93.1. The minimum Gasteiger partial charge on any atom is -0.274 e. The quantitative estimate of drug-likeness (QED) is 0.432. The Morgan fingerprint density at radius 3 is 2.00 bits per heavy atom. The maximum absolute atomic E-state index is 13.7. The Bertz CT molecular complexity index is 1070. The fourth-order valence-electron chi connectivity index (χ4n) is 2.18. The van der Waals surface area contributed by atoms with Gasteiger partial charge in [-0.1, -0.05) is 18.2 Å². The Hall–Kier alpha value is -2.75. The van der Waals surface area contributed by atoms with Gasteiger partial charge in [0, 0.05) is 11.6 Å². The van der Waals surface area contributed by atoms with Crippen LogP contribution in [0.4, 0.5) is 27.6 Å². The standard InChI is InChI=1S/C15H7F5N2O2S/c16-9-10(17)12(19)15(13(20)11(9)18)22-25(23,24)8-5-1-3-7-4-2-6-21-14(7)8/h1-6,22H. The first kappa shape index (κ1) is 17.1. The largest absolute Gasteiger partial charge is 0.274 e. The first-order chi connectivity index (χ1) is 11.7. The summed E-state index contributed by atoms with van der Waals surface area (Å²) in [6.07, 6.45) is 1.29. The van der Waals surface area contributed by atoms with Gasteiger partial charge in [-0.25, -0.2) is 30.4 Å². The van der Waals surface area contributed by atoms with Gasteiger partial charge in [-0.15, -0.1) is 0 Å². The van der Waals surface area contributed by atoms with E-state index in [9.17, 15) is 30.4 Å². The normalized spacial score (nSPS) is 11.7. The summed E-state index contributed by atoms with van der Waals surface area (Å²) in [5.41, 5.74) is -1.69. The molecule has 2 aromatic carbocycles. The number of hydrogen-bond acceptors (Lipinski definition) is 3. The van der Waals surface area contributed by atoms with Gasteiger partial charge >= 0.3 is 0 Å². The molecule has 3 aromatic rings. The molecule has 130 valence electrons. The SMILES string of the molecule is O=S(=O)(Nc1c(F)c(F)c(F)c(F)c1F)c1cccc2cccnc12. The smallest absolute Gasteiger partial charge is 0.264 e. The maximum atomic E-state index is 13.7. The van der Waals surface area contributed by atoms with Crippen molar-refractivity contribution < 1.29 is 30.4 Å². The lowest BCUT2D eigenvalue weighted by Gasteiger charge is -2.12. The molecule has 1 aromatic heterocycles. The third kappa shape index (κ3) is 2.78. The van der Waals surface area contributed by atoms with E-state index in [0.717, 1.165) is 6.07 Å². The molecule has 0 atom stereocenters. The number of fused-ring (bicyclic) bond motifs is 1. The van der Waals surface area contributed by atoms with Crippen molar-refractivity contribution in [2.24, 2.45) is 0 Å². The Labute approximate surface area is 138 Å². The zero-order valence-electron chi connectivity index (χ0n) is 12.0. The highest BCUT2D eigenvalue weighted by atomic mass is 32.2. The summed E-state index contributed by atoms with van der Waals surface area (Å²) in [5, 5.41) is 0.405. The van der Waals surface area contributed by atoms with Crippen molar-refractivity contribution in [1.29, 1.82) is 0 Å². The molecular weight excluding hydrogens is 367 g/mol. The van der Waals surface area contributed by atoms with E-state index in [-0.39, 0.29) is 5.52 Å². The highest BCUT2D eigenvalue weighted by Crippen LogP contribution is 2.30. The predicted octanol–water partition coefficient (Wildman–Crippen LogP) is 3.73. The molecule has 0 aliphatic carbocycles. The van der Waals surface area contributed by atoms with Crippen molar-refractivity contribution in [3.8, 4) is 0 Å². The van der Waals surface area contributed by atoms with Gasteiger partial charge in [0.25, 0.3) is 10.0 Å². The molecule has 1 heterocycles. The van der Waals surface area contributed by atoms with Crippen LogP contribution in [0.5, 0.6) is 0 Å². The Balaban J connectivity index is 2.18. The first-order valence-corrected chi connectivity index (χ1v) is 8.10. The fourth-order valence-corrected chi connectivity index (χ4v) is 3.42. The van der Waals surface area contributed by atoms with Crippen LogP contribution >= 0.6 is 0 Å². The molecule has 0 saturated carbocycles. The molecule has 0 spiro atoms. The van der Waals surface area contributed by atoms with Crippen molar-refractivity contribution in [3.63, 3.8) is 0 Å². The predicted molar refractivity (Wildman–Crippen MR) is 78.8 cm³/mol. The van der Waals surface area contributed by atoms with Crippen molar-refractivity contribution >= 4 is 26.6 Å². The van der Waals surface area contributed by atoms with Crippen LogP contribution in [0.2, 0.25) is 0 Å². The molecule has 0 unspecified atom stereocenters. The number of nitrogens with zero attached hydrogens (tertiary/aromatic N) is 1. The van der Waals surface area contributed by atoms with E-state index < -0.39 is 49.7 Å². The lowest BCUT2D eigenvalue weighted by Crippen LogP contribution is -2.18. The molecule has 3 rings (SSSR count). The molecule has 0 radical (unpaired) electrons. The summed E-state index contributed by atoms with van der Waals surface area (Å²) in [6.45, 7) is 0. The molecule has 0 amide bonds. The van der Waals surface area contributed by atoms with Crippen LogP contribution in [0, 0.1) is 29.1 Å².